The minimum atomic E-state index is 0.218. The first-order valence-electron chi connectivity index (χ1n) is 5.71. The highest BCUT2D eigenvalue weighted by molar-refractivity contribution is 5.46. The van der Waals surface area contributed by atoms with Crippen LogP contribution in [0.3, 0.4) is 0 Å². The Morgan fingerprint density at radius 2 is 1.68 bits per heavy atom. The predicted octanol–water partition coefficient (Wildman–Crippen LogP) is 2.77. The van der Waals surface area contributed by atoms with Crippen molar-refractivity contribution in [2.45, 2.75) is 13.8 Å². The molecule has 0 N–H and O–H groups in total. The zero-order valence-electron chi connectivity index (χ0n) is 11.0. The van der Waals surface area contributed by atoms with E-state index >= 15 is 0 Å². The standard InChI is InChI=1S/C14H13N3O2/c1-9-10(2)16-17-14(13(9)8-15)19-12-6-4-11(18-3)5-7-12/h4-7H,1-3H3. The number of rotatable bonds is 3. The zero-order chi connectivity index (χ0) is 13.8. The number of nitriles is 1. The third-order valence-corrected chi connectivity index (χ3v) is 2.81. The molecule has 5 nitrogen and oxygen atoms in total. The summed E-state index contributed by atoms with van der Waals surface area (Å²) in [7, 11) is 1.60. The van der Waals surface area contributed by atoms with Gasteiger partial charge in [0.05, 0.1) is 12.8 Å². The maximum Gasteiger partial charge on any atom is 0.257 e. The van der Waals surface area contributed by atoms with Crippen LogP contribution in [0.4, 0.5) is 0 Å². The van der Waals surface area contributed by atoms with Crippen LogP contribution in [0.2, 0.25) is 0 Å². The molecule has 0 aliphatic heterocycles. The van der Waals surface area contributed by atoms with Gasteiger partial charge in [0.1, 0.15) is 23.1 Å². The lowest BCUT2D eigenvalue weighted by Gasteiger charge is -2.08. The molecule has 2 rings (SSSR count). The monoisotopic (exact) mass is 255 g/mol. The number of nitrogens with zero attached hydrogens (tertiary/aromatic N) is 3. The number of ether oxygens (including phenoxy) is 2. The van der Waals surface area contributed by atoms with Crippen molar-refractivity contribution in [3.8, 4) is 23.4 Å². The van der Waals surface area contributed by atoms with Crippen molar-refractivity contribution in [1.29, 1.82) is 5.26 Å². The fourth-order valence-corrected chi connectivity index (χ4v) is 1.55. The summed E-state index contributed by atoms with van der Waals surface area (Å²) in [6.45, 7) is 3.63. The van der Waals surface area contributed by atoms with E-state index in [2.05, 4.69) is 16.3 Å². The molecule has 0 bridgehead atoms. The topological polar surface area (TPSA) is 68.0 Å². The van der Waals surface area contributed by atoms with Crippen molar-refractivity contribution in [3.63, 3.8) is 0 Å². The molecule has 0 aliphatic rings. The Morgan fingerprint density at radius 1 is 1.05 bits per heavy atom. The van der Waals surface area contributed by atoms with Gasteiger partial charge < -0.3 is 9.47 Å². The lowest BCUT2D eigenvalue weighted by atomic mass is 10.1. The summed E-state index contributed by atoms with van der Waals surface area (Å²) in [6, 6.07) is 9.14. The van der Waals surface area contributed by atoms with Gasteiger partial charge in [0.2, 0.25) is 0 Å². The molecule has 0 amide bonds. The lowest BCUT2D eigenvalue weighted by Crippen LogP contribution is -2.00. The highest BCUT2D eigenvalue weighted by Crippen LogP contribution is 2.26. The lowest BCUT2D eigenvalue weighted by molar-refractivity contribution is 0.411. The van der Waals surface area contributed by atoms with Gasteiger partial charge in [0, 0.05) is 0 Å². The van der Waals surface area contributed by atoms with E-state index in [9.17, 15) is 0 Å². The van der Waals surface area contributed by atoms with Gasteiger partial charge in [-0.25, -0.2) is 0 Å². The minimum absolute atomic E-state index is 0.218. The second-order valence-corrected chi connectivity index (χ2v) is 3.98. The Bertz CT molecular complexity index is 630. The summed E-state index contributed by atoms with van der Waals surface area (Å²) >= 11 is 0. The summed E-state index contributed by atoms with van der Waals surface area (Å²) in [4.78, 5) is 0. The van der Waals surface area contributed by atoms with Gasteiger partial charge in [-0.2, -0.15) is 10.4 Å². The second kappa shape index (κ2) is 5.36. The molecule has 0 aliphatic carbocycles. The number of methoxy groups -OCH3 is 1. The summed E-state index contributed by atoms with van der Waals surface area (Å²) in [5, 5.41) is 17.1. The number of aryl methyl sites for hydroxylation is 1. The third kappa shape index (κ3) is 2.63. The SMILES string of the molecule is COc1ccc(Oc2nnc(C)c(C)c2C#N)cc1. The fraction of sp³-hybridized carbons (Fsp3) is 0.214. The largest absolute Gasteiger partial charge is 0.497 e. The predicted molar refractivity (Wildman–Crippen MR) is 69.3 cm³/mol. The molecule has 1 aromatic carbocycles. The van der Waals surface area contributed by atoms with Gasteiger partial charge in [0.25, 0.3) is 5.88 Å². The van der Waals surface area contributed by atoms with E-state index in [1.165, 1.54) is 0 Å². The van der Waals surface area contributed by atoms with Crippen molar-refractivity contribution in [2.24, 2.45) is 0 Å². The molecule has 0 atom stereocenters. The first-order valence-corrected chi connectivity index (χ1v) is 5.71. The number of aromatic nitrogens is 2. The third-order valence-electron chi connectivity index (χ3n) is 2.81. The van der Waals surface area contributed by atoms with Gasteiger partial charge in [0.15, 0.2) is 0 Å². The van der Waals surface area contributed by atoms with Crippen molar-refractivity contribution >= 4 is 0 Å². The minimum Gasteiger partial charge on any atom is -0.497 e. The summed E-state index contributed by atoms with van der Waals surface area (Å²) < 4.78 is 10.6. The molecule has 0 unspecified atom stereocenters. The Balaban J connectivity index is 2.33. The van der Waals surface area contributed by atoms with E-state index in [1.54, 1.807) is 38.3 Å². The molecule has 1 heterocycles. The van der Waals surface area contributed by atoms with Crippen molar-refractivity contribution in [3.05, 3.63) is 41.1 Å². The maximum atomic E-state index is 9.17. The molecule has 0 spiro atoms. The molecule has 19 heavy (non-hydrogen) atoms. The van der Waals surface area contributed by atoms with E-state index in [0.717, 1.165) is 17.0 Å². The molecule has 1 aromatic heterocycles. The average Bonchev–Trinajstić information content (AvgIpc) is 2.44. The van der Waals surface area contributed by atoms with Gasteiger partial charge >= 0.3 is 0 Å². The van der Waals surface area contributed by atoms with Crippen molar-refractivity contribution < 1.29 is 9.47 Å². The van der Waals surface area contributed by atoms with Crippen LogP contribution in [0.25, 0.3) is 0 Å². The van der Waals surface area contributed by atoms with E-state index in [1.807, 2.05) is 6.92 Å². The maximum absolute atomic E-state index is 9.17. The smallest absolute Gasteiger partial charge is 0.257 e. The van der Waals surface area contributed by atoms with E-state index in [0.29, 0.717) is 11.3 Å². The second-order valence-electron chi connectivity index (χ2n) is 3.98. The molecular formula is C14H13N3O2. The Kier molecular flexibility index (Phi) is 3.62. The van der Waals surface area contributed by atoms with E-state index in [-0.39, 0.29) is 5.88 Å². The van der Waals surface area contributed by atoms with Gasteiger partial charge in [-0.05, 0) is 43.7 Å². The number of hydrogen-bond acceptors (Lipinski definition) is 5. The van der Waals surface area contributed by atoms with Crippen LogP contribution in [0.5, 0.6) is 17.4 Å². The molecule has 0 radical (unpaired) electrons. The van der Waals surface area contributed by atoms with Gasteiger partial charge in [-0.1, -0.05) is 0 Å². The number of hydrogen-bond donors (Lipinski definition) is 0. The Labute approximate surface area is 111 Å². The van der Waals surface area contributed by atoms with Crippen LogP contribution < -0.4 is 9.47 Å². The molecular weight excluding hydrogens is 242 g/mol. The van der Waals surface area contributed by atoms with Crippen LogP contribution in [0.15, 0.2) is 24.3 Å². The molecule has 96 valence electrons. The van der Waals surface area contributed by atoms with E-state index < -0.39 is 0 Å². The normalized spacial score (nSPS) is 9.79. The highest BCUT2D eigenvalue weighted by Gasteiger charge is 2.12. The quantitative estimate of drug-likeness (QED) is 0.843. The van der Waals surface area contributed by atoms with Gasteiger partial charge in [-0.3, -0.25) is 0 Å². The first-order chi connectivity index (χ1) is 9.15. The Morgan fingerprint density at radius 3 is 2.26 bits per heavy atom. The zero-order valence-corrected chi connectivity index (χ0v) is 11.0. The summed E-state index contributed by atoms with van der Waals surface area (Å²) in [5.74, 6) is 1.53. The van der Waals surface area contributed by atoms with Crippen LogP contribution in [0, 0.1) is 25.2 Å². The van der Waals surface area contributed by atoms with Gasteiger partial charge in [-0.15, -0.1) is 5.10 Å². The summed E-state index contributed by atoms with van der Waals surface area (Å²) in [5.41, 5.74) is 1.91. The van der Waals surface area contributed by atoms with Crippen LogP contribution in [-0.2, 0) is 0 Å². The molecule has 0 fully saturated rings. The van der Waals surface area contributed by atoms with Crippen LogP contribution in [-0.4, -0.2) is 17.3 Å². The Hall–Kier alpha value is -2.61. The summed E-state index contributed by atoms with van der Waals surface area (Å²) in [6.07, 6.45) is 0. The van der Waals surface area contributed by atoms with Crippen LogP contribution >= 0.6 is 0 Å². The fourth-order valence-electron chi connectivity index (χ4n) is 1.55. The molecule has 0 saturated heterocycles. The average molecular weight is 255 g/mol. The molecule has 2 aromatic rings. The first kappa shape index (κ1) is 12.8. The van der Waals surface area contributed by atoms with E-state index in [4.69, 9.17) is 14.7 Å². The highest BCUT2D eigenvalue weighted by atomic mass is 16.5. The molecule has 0 saturated carbocycles. The number of benzene rings is 1. The van der Waals surface area contributed by atoms with Crippen molar-refractivity contribution in [1.82, 2.24) is 10.2 Å². The van der Waals surface area contributed by atoms with Crippen LogP contribution in [0.1, 0.15) is 16.8 Å². The molecule has 5 heteroatoms. The van der Waals surface area contributed by atoms with Crippen molar-refractivity contribution in [2.75, 3.05) is 7.11 Å².